The zero-order valence-electron chi connectivity index (χ0n) is 10.8. The SMILES string of the molecule is CNC(C)C(=O)N1CCN(c2ncccn2)CC1. The van der Waals surface area contributed by atoms with Gasteiger partial charge in [-0.05, 0) is 20.0 Å². The van der Waals surface area contributed by atoms with Crippen LogP contribution in [0.1, 0.15) is 6.92 Å². The largest absolute Gasteiger partial charge is 0.338 e. The maximum absolute atomic E-state index is 12.0. The van der Waals surface area contributed by atoms with Crippen molar-refractivity contribution in [2.75, 3.05) is 38.1 Å². The highest BCUT2D eigenvalue weighted by atomic mass is 16.2. The van der Waals surface area contributed by atoms with Crippen LogP contribution in [0.2, 0.25) is 0 Å². The highest BCUT2D eigenvalue weighted by molar-refractivity contribution is 5.81. The van der Waals surface area contributed by atoms with Gasteiger partial charge in [0.2, 0.25) is 11.9 Å². The van der Waals surface area contributed by atoms with Crippen LogP contribution in [0.5, 0.6) is 0 Å². The molecule has 1 N–H and O–H groups in total. The minimum Gasteiger partial charge on any atom is -0.338 e. The standard InChI is InChI=1S/C12H19N5O/c1-10(13-2)11(18)16-6-8-17(9-7-16)12-14-4-3-5-15-12/h3-5,10,13H,6-9H2,1-2H3. The zero-order valence-corrected chi connectivity index (χ0v) is 10.8. The van der Waals surface area contributed by atoms with Crippen molar-refractivity contribution >= 4 is 11.9 Å². The quantitative estimate of drug-likeness (QED) is 0.799. The van der Waals surface area contributed by atoms with Gasteiger partial charge in [-0.2, -0.15) is 0 Å². The molecule has 1 fully saturated rings. The molecule has 0 bridgehead atoms. The van der Waals surface area contributed by atoms with Gasteiger partial charge in [-0.3, -0.25) is 4.79 Å². The molecule has 1 aliphatic rings. The van der Waals surface area contributed by atoms with E-state index < -0.39 is 0 Å². The van der Waals surface area contributed by atoms with Gasteiger partial charge in [0.05, 0.1) is 6.04 Å². The molecule has 2 rings (SSSR count). The fraction of sp³-hybridized carbons (Fsp3) is 0.583. The topological polar surface area (TPSA) is 61.4 Å². The predicted octanol–water partition coefficient (Wildman–Crippen LogP) is -0.267. The van der Waals surface area contributed by atoms with Crippen molar-refractivity contribution in [1.29, 1.82) is 0 Å². The number of amides is 1. The van der Waals surface area contributed by atoms with Crippen LogP contribution < -0.4 is 10.2 Å². The van der Waals surface area contributed by atoms with E-state index in [9.17, 15) is 4.79 Å². The van der Waals surface area contributed by atoms with Crippen molar-refractivity contribution in [1.82, 2.24) is 20.2 Å². The number of nitrogens with one attached hydrogen (secondary N) is 1. The van der Waals surface area contributed by atoms with Gasteiger partial charge < -0.3 is 15.1 Å². The summed E-state index contributed by atoms with van der Waals surface area (Å²) < 4.78 is 0. The van der Waals surface area contributed by atoms with Gasteiger partial charge in [-0.15, -0.1) is 0 Å². The lowest BCUT2D eigenvalue weighted by molar-refractivity contribution is -0.133. The molecule has 18 heavy (non-hydrogen) atoms. The van der Waals surface area contributed by atoms with E-state index in [1.165, 1.54) is 0 Å². The first-order valence-electron chi connectivity index (χ1n) is 6.20. The smallest absolute Gasteiger partial charge is 0.239 e. The van der Waals surface area contributed by atoms with Gasteiger partial charge in [0, 0.05) is 38.6 Å². The number of rotatable bonds is 3. The van der Waals surface area contributed by atoms with Crippen LogP contribution in [0.25, 0.3) is 0 Å². The maximum atomic E-state index is 12.0. The molecule has 6 heteroatoms. The molecule has 98 valence electrons. The average molecular weight is 249 g/mol. The second-order valence-electron chi connectivity index (χ2n) is 4.37. The molecular weight excluding hydrogens is 230 g/mol. The number of nitrogens with zero attached hydrogens (tertiary/aromatic N) is 4. The summed E-state index contributed by atoms with van der Waals surface area (Å²) >= 11 is 0. The Hall–Kier alpha value is -1.69. The van der Waals surface area contributed by atoms with Crippen molar-refractivity contribution in [2.24, 2.45) is 0 Å². The Balaban J connectivity index is 1.90. The number of carbonyl (C=O) groups excluding carboxylic acids is 1. The highest BCUT2D eigenvalue weighted by Crippen LogP contribution is 2.10. The number of aromatic nitrogens is 2. The molecule has 1 unspecified atom stereocenters. The fourth-order valence-corrected chi connectivity index (χ4v) is 1.98. The number of hydrogen-bond donors (Lipinski definition) is 1. The van der Waals surface area contributed by atoms with Crippen molar-refractivity contribution in [2.45, 2.75) is 13.0 Å². The van der Waals surface area contributed by atoms with Gasteiger partial charge in [-0.25, -0.2) is 9.97 Å². The van der Waals surface area contributed by atoms with Crippen LogP contribution in [0.3, 0.4) is 0 Å². The summed E-state index contributed by atoms with van der Waals surface area (Å²) in [5.41, 5.74) is 0. The monoisotopic (exact) mass is 249 g/mol. The van der Waals surface area contributed by atoms with E-state index in [4.69, 9.17) is 0 Å². The van der Waals surface area contributed by atoms with Crippen molar-refractivity contribution in [3.63, 3.8) is 0 Å². The molecule has 0 aromatic carbocycles. The lowest BCUT2D eigenvalue weighted by Crippen LogP contribution is -2.53. The van der Waals surface area contributed by atoms with E-state index >= 15 is 0 Å². The summed E-state index contributed by atoms with van der Waals surface area (Å²) in [6.45, 7) is 4.90. The van der Waals surface area contributed by atoms with E-state index in [0.29, 0.717) is 0 Å². The van der Waals surface area contributed by atoms with Gasteiger partial charge >= 0.3 is 0 Å². The first kappa shape index (κ1) is 12.8. The van der Waals surface area contributed by atoms with Crippen LogP contribution in [-0.2, 0) is 4.79 Å². The summed E-state index contributed by atoms with van der Waals surface area (Å²) in [7, 11) is 1.80. The second-order valence-corrected chi connectivity index (χ2v) is 4.37. The summed E-state index contributed by atoms with van der Waals surface area (Å²) in [6.07, 6.45) is 3.48. The lowest BCUT2D eigenvalue weighted by atomic mass is 10.2. The third kappa shape index (κ3) is 2.76. The third-order valence-corrected chi connectivity index (χ3v) is 3.23. The van der Waals surface area contributed by atoms with E-state index in [0.717, 1.165) is 32.1 Å². The molecule has 1 saturated heterocycles. The molecular formula is C12H19N5O. The lowest BCUT2D eigenvalue weighted by Gasteiger charge is -2.35. The van der Waals surface area contributed by atoms with E-state index in [1.807, 2.05) is 11.8 Å². The summed E-state index contributed by atoms with van der Waals surface area (Å²) in [4.78, 5) is 24.4. The molecule has 1 aliphatic heterocycles. The Morgan fingerprint density at radius 1 is 1.28 bits per heavy atom. The Morgan fingerprint density at radius 2 is 1.89 bits per heavy atom. The number of hydrogen-bond acceptors (Lipinski definition) is 5. The molecule has 0 radical (unpaired) electrons. The van der Waals surface area contributed by atoms with Crippen LogP contribution in [0, 0.1) is 0 Å². The third-order valence-electron chi connectivity index (χ3n) is 3.23. The van der Waals surface area contributed by atoms with Crippen molar-refractivity contribution < 1.29 is 4.79 Å². The van der Waals surface area contributed by atoms with Gasteiger partial charge in [0.15, 0.2) is 0 Å². The van der Waals surface area contributed by atoms with Gasteiger partial charge in [0.1, 0.15) is 0 Å². The Bertz CT molecular complexity index is 389. The average Bonchev–Trinajstić information content (AvgIpc) is 2.47. The normalized spacial score (nSPS) is 17.7. The predicted molar refractivity (Wildman–Crippen MR) is 69.3 cm³/mol. The molecule has 0 spiro atoms. The molecule has 1 aromatic heterocycles. The second kappa shape index (κ2) is 5.77. The molecule has 6 nitrogen and oxygen atoms in total. The number of piperazine rings is 1. The van der Waals surface area contributed by atoms with Crippen LogP contribution in [-0.4, -0.2) is 60.0 Å². The van der Waals surface area contributed by atoms with E-state index in [-0.39, 0.29) is 11.9 Å². The van der Waals surface area contributed by atoms with Gasteiger partial charge in [-0.1, -0.05) is 0 Å². The van der Waals surface area contributed by atoms with Crippen LogP contribution >= 0.6 is 0 Å². The van der Waals surface area contributed by atoms with Crippen LogP contribution in [0.4, 0.5) is 5.95 Å². The van der Waals surface area contributed by atoms with E-state index in [1.54, 1.807) is 25.5 Å². The molecule has 1 aromatic rings. The van der Waals surface area contributed by atoms with Crippen molar-refractivity contribution in [3.8, 4) is 0 Å². The maximum Gasteiger partial charge on any atom is 0.239 e. The minimum atomic E-state index is -0.121. The molecule has 0 saturated carbocycles. The minimum absolute atomic E-state index is 0.121. The molecule has 1 atom stereocenters. The Labute approximate surface area is 107 Å². The summed E-state index contributed by atoms with van der Waals surface area (Å²) in [5, 5.41) is 2.98. The highest BCUT2D eigenvalue weighted by Gasteiger charge is 2.24. The molecule has 2 heterocycles. The molecule has 0 aliphatic carbocycles. The number of anilines is 1. The van der Waals surface area contributed by atoms with Gasteiger partial charge in [0.25, 0.3) is 0 Å². The number of likely N-dealkylation sites (N-methyl/N-ethyl adjacent to an activating group) is 1. The summed E-state index contributed by atoms with van der Waals surface area (Å²) in [6, 6.07) is 1.68. The number of carbonyl (C=O) groups is 1. The Morgan fingerprint density at radius 3 is 2.44 bits per heavy atom. The first-order valence-corrected chi connectivity index (χ1v) is 6.20. The van der Waals surface area contributed by atoms with Crippen molar-refractivity contribution in [3.05, 3.63) is 18.5 Å². The first-order chi connectivity index (χ1) is 8.72. The zero-order chi connectivity index (χ0) is 13.0. The Kier molecular flexibility index (Phi) is 4.09. The van der Waals surface area contributed by atoms with Crippen LogP contribution in [0.15, 0.2) is 18.5 Å². The summed E-state index contributed by atoms with van der Waals surface area (Å²) in [5.74, 6) is 0.900. The molecule has 1 amide bonds. The fourth-order valence-electron chi connectivity index (χ4n) is 1.98. The van der Waals surface area contributed by atoms with E-state index in [2.05, 4.69) is 20.2 Å².